The van der Waals surface area contributed by atoms with Crippen LogP contribution in [0.3, 0.4) is 0 Å². The summed E-state index contributed by atoms with van der Waals surface area (Å²) in [6.45, 7) is 12.2. The van der Waals surface area contributed by atoms with Crippen molar-refractivity contribution in [3.8, 4) is 11.3 Å². The molecule has 1 N–H and O–H groups in total. The molecule has 1 fully saturated rings. The topological polar surface area (TPSA) is 46.9 Å². The number of hydrogen-bond donors (Lipinski definition) is 1. The number of benzene rings is 1. The second kappa shape index (κ2) is 9.95. The minimum atomic E-state index is -0.211. The molecule has 4 nitrogen and oxygen atoms in total. The van der Waals surface area contributed by atoms with Crippen LogP contribution in [0, 0.1) is 17.3 Å². The van der Waals surface area contributed by atoms with Crippen LogP contribution < -0.4 is 5.32 Å². The van der Waals surface area contributed by atoms with E-state index >= 15 is 0 Å². The average Bonchev–Trinajstić information content (AvgIpc) is 3.02. The molecule has 170 valence electrons. The third-order valence-electron chi connectivity index (χ3n) is 6.12. The fourth-order valence-corrected chi connectivity index (χ4v) is 5.01. The fourth-order valence-electron chi connectivity index (χ4n) is 4.40. The number of nitrogens with zero attached hydrogens (tertiary/aromatic N) is 2. The summed E-state index contributed by atoms with van der Waals surface area (Å²) in [5, 5.41) is 8.56. The maximum atomic E-state index is 12.9. The molecule has 1 aliphatic rings. The lowest BCUT2D eigenvalue weighted by Crippen LogP contribution is -2.31. The van der Waals surface area contributed by atoms with E-state index in [9.17, 15) is 4.79 Å². The smallest absolute Gasteiger partial charge is 0.273 e. The third kappa shape index (κ3) is 6.04. The molecular weight excluding hydrogens is 429 g/mol. The molecule has 0 radical (unpaired) electrons. The van der Waals surface area contributed by atoms with Gasteiger partial charge in [0, 0.05) is 18.7 Å². The summed E-state index contributed by atoms with van der Waals surface area (Å²) in [6.07, 6.45) is 5.74. The van der Waals surface area contributed by atoms with Crippen molar-refractivity contribution in [1.82, 2.24) is 15.1 Å². The zero-order valence-electron chi connectivity index (χ0n) is 19.4. The van der Waals surface area contributed by atoms with Crippen LogP contribution in [0.25, 0.3) is 11.3 Å². The van der Waals surface area contributed by atoms with Crippen molar-refractivity contribution in [2.75, 3.05) is 6.54 Å². The van der Waals surface area contributed by atoms with Crippen molar-refractivity contribution < 1.29 is 4.79 Å². The first-order chi connectivity index (χ1) is 14.6. The van der Waals surface area contributed by atoms with E-state index in [1.807, 2.05) is 19.1 Å². The largest absolute Gasteiger partial charge is 0.350 e. The Balaban J connectivity index is 1.80. The lowest BCUT2D eigenvalue weighted by atomic mass is 9.83. The Kier molecular flexibility index (Phi) is 7.75. The SMILES string of the molecule is CCn1nc(C(=O)NCC2CCC(C)CC2)c(Cl)c1-c1ccc(CC(C)(C)C)cc1Cl. The Morgan fingerprint density at radius 2 is 1.87 bits per heavy atom. The van der Waals surface area contributed by atoms with Crippen molar-refractivity contribution in [3.05, 3.63) is 39.5 Å². The summed E-state index contributed by atoms with van der Waals surface area (Å²) < 4.78 is 1.77. The van der Waals surface area contributed by atoms with Gasteiger partial charge in [0.1, 0.15) is 0 Å². The van der Waals surface area contributed by atoms with E-state index in [1.54, 1.807) is 4.68 Å². The fraction of sp³-hybridized carbons (Fsp3) is 0.600. The van der Waals surface area contributed by atoms with Crippen LogP contribution in [0.5, 0.6) is 0 Å². The lowest BCUT2D eigenvalue weighted by Gasteiger charge is -2.26. The molecule has 2 aromatic rings. The highest BCUT2D eigenvalue weighted by atomic mass is 35.5. The molecule has 1 saturated carbocycles. The number of amides is 1. The van der Waals surface area contributed by atoms with E-state index in [0.717, 1.165) is 17.9 Å². The number of nitrogens with one attached hydrogen (secondary N) is 1. The van der Waals surface area contributed by atoms with Crippen LogP contribution in [0.15, 0.2) is 18.2 Å². The van der Waals surface area contributed by atoms with Gasteiger partial charge in [-0.15, -0.1) is 0 Å². The Bertz CT molecular complexity index is 922. The van der Waals surface area contributed by atoms with Crippen molar-refractivity contribution in [3.63, 3.8) is 0 Å². The highest BCUT2D eigenvalue weighted by Crippen LogP contribution is 2.37. The van der Waals surface area contributed by atoms with Gasteiger partial charge in [0.15, 0.2) is 5.69 Å². The van der Waals surface area contributed by atoms with E-state index in [-0.39, 0.29) is 17.0 Å². The molecule has 1 aliphatic carbocycles. The molecule has 1 heterocycles. The molecule has 31 heavy (non-hydrogen) atoms. The first-order valence-electron chi connectivity index (χ1n) is 11.4. The van der Waals surface area contributed by atoms with Crippen LogP contribution in [0.1, 0.15) is 76.4 Å². The predicted molar refractivity (Wildman–Crippen MR) is 130 cm³/mol. The van der Waals surface area contributed by atoms with Gasteiger partial charge in [-0.3, -0.25) is 9.48 Å². The molecule has 1 amide bonds. The van der Waals surface area contributed by atoms with E-state index in [2.05, 4.69) is 44.2 Å². The summed E-state index contributed by atoms with van der Waals surface area (Å²) >= 11 is 13.4. The number of aryl methyl sites for hydroxylation is 1. The third-order valence-corrected chi connectivity index (χ3v) is 6.79. The number of carbonyl (C=O) groups excluding carboxylic acids is 1. The zero-order valence-corrected chi connectivity index (χ0v) is 20.9. The van der Waals surface area contributed by atoms with Gasteiger partial charge in [0.25, 0.3) is 5.91 Å². The number of aromatic nitrogens is 2. The summed E-state index contributed by atoms with van der Waals surface area (Å²) in [7, 11) is 0. The van der Waals surface area contributed by atoms with E-state index in [1.165, 1.54) is 31.2 Å². The normalized spacial score (nSPS) is 19.5. The maximum absolute atomic E-state index is 12.9. The lowest BCUT2D eigenvalue weighted by molar-refractivity contribution is 0.0936. The molecule has 0 bridgehead atoms. The van der Waals surface area contributed by atoms with Crippen molar-refractivity contribution in [2.45, 2.75) is 73.3 Å². The minimum absolute atomic E-state index is 0.176. The standard InChI is InChI=1S/C25H35Cl2N3O/c1-6-30-23(19-12-11-18(13-20(19)26)14-25(3,4)5)21(27)22(29-30)24(31)28-15-17-9-7-16(2)8-10-17/h11-13,16-17H,6-10,14-15H2,1-5H3,(H,28,31). The van der Waals surface area contributed by atoms with Crippen LogP contribution in [0.4, 0.5) is 0 Å². The van der Waals surface area contributed by atoms with Gasteiger partial charge in [-0.2, -0.15) is 5.10 Å². The Morgan fingerprint density at radius 1 is 1.19 bits per heavy atom. The second-order valence-electron chi connectivity index (χ2n) is 10.2. The van der Waals surface area contributed by atoms with Crippen molar-refractivity contribution in [1.29, 1.82) is 0 Å². The van der Waals surface area contributed by atoms with Gasteiger partial charge in [-0.05, 0) is 55.1 Å². The highest BCUT2D eigenvalue weighted by molar-refractivity contribution is 6.38. The molecule has 3 rings (SSSR count). The molecule has 0 spiro atoms. The predicted octanol–water partition coefficient (Wildman–Crippen LogP) is 7.02. The van der Waals surface area contributed by atoms with Gasteiger partial charge in [0.2, 0.25) is 0 Å². The van der Waals surface area contributed by atoms with Crippen molar-refractivity contribution in [2.24, 2.45) is 17.3 Å². The molecule has 6 heteroatoms. The second-order valence-corrected chi connectivity index (χ2v) is 11.0. The Morgan fingerprint density at radius 3 is 2.45 bits per heavy atom. The number of rotatable bonds is 6. The van der Waals surface area contributed by atoms with Gasteiger partial charge < -0.3 is 5.32 Å². The van der Waals surface area contributed by atoms with Gasteiger partial charge in [-0.1, -0.05) is 75.9 Å². The van der Waals surface area contributed by atoms with Crippen LogP contribution >= 0.6 is 23.2 Å². The monoisotopic (exact) mass is 463 g/mol. The summed E-state index contributed by atoms with van der Waals surface area (Å²) in [4.78, 5) is 12.9. The Hall–Kier alpha value is -1.52. The average molecular weight is 464 g/mol. The number of halogens is 2. The molecule has 0 aliphatic heterocycles. The van der Waals surface area contributed by atoms with Gasteiger partial charge in [-0.25, -0.2) is 0 Å². The van der Waals surface area contributed by atoms with E-state index in [0.29, 0.717) is 34.7 Å². The zero-order chi connectivity index (χ0) is 22.8. The molecular formula is C25H35Cl2N3O. The maximum Gasteiger partial charge on any atom is 0.273 e. The first kappa shape index (κ1) is 24.1. The van der Waals surface area contributed by atoms with Gasteiger partial charge in [0.05, 0.1) is 15.7 Å². The molecule has 1 aromatic heterocycles. The number of hydrogen-bond acceptors (Lipinski definition) is 2. The van der Waals surface area contributed by atoms with Gasteiger partial charge >= 0.3 is 0 Å². The van der Waals surface area contributed by atoms with E-state index < -0.39 is 0 Å². The van der Waals surface area contributed by atoms with E-state index in [4.69, 9.17) is 23.2 Å². The first-order valence-corrected chi connectivity index (χ1v) is 12.2. The summed E-state index contributed by atoms with van der Waals surface area (Å²) in [5.41, 5.74) is 3.14. The minimum Gasteiger partial charge on any atom is -0.350 e. The molecule has 0 saturated heterocycles. The van der Waals surface area contributed by atoms with Crippen LogP contribution in [-0.2, 0) is 13.0 Å². The molecule has 0 atom stereocenters. The van der Waals surface area contributed by atoms with Crippen molar-refractivity contribution >= 4 is 29.1 Å². The quantitative estimate of drug-likeness (QED) is 0.499. The van der Waals surface area contributed by atoms with Crippen LogP contribution in [-0.4, -0.2) is 22.2 Å². The highest BCUT2D eigenvalue weighted by Gasteiger charge is 2.25. The Labute approximate surface area is 196 Å². The summed E-state index contributed by atoms with van der Waals surface area (Å²) in [5.74, 6) is 1.12. The molecule has 1 aromatic carbocycles. The number of carbonyl (C=O) groups is 1. The summed E-state index contributed by atoms with van der Waals surface area (Å²) in [6, 6.07) is 6.07. The van der Waals surface area contributed by atoms with Crippen LogP contribution in [0.2, 0.25) is 10.0 Å². The molecule has 0 unspecified atom stereocenters.